The zero-order valence-electron chi connectivity index (χ0n) is 6.54. The SMILES string of the molecule is [B]1Nc2cccc3cccc1c23. The largest absolute Gasteiger partial charge is 0.427 e. The van der Waals surface area contributed by atoms with Crippen LogP contribution in [0.5, 0.6) is 0 Å². The van der Waals surface area contributed by atoms with E-state index >= 15 is 0 Å². The van der Waals surface area contributed by atoms with Crippen LogP contribution in [0.4, 0.5) is 5.69 Å². The molecule has 0 saturated heterocycles. The molecule has 1 radical (unpaired) electrons. The van der Waals surface area contributed by atoms with Gasteiger partial charge in [-0.05, 0) is 16.8 Å². The molecule has 1 aliphatic heterocycles. The van der Waals surface area contributed by atoms with Gasteiger partial charge in [-0.3, -0.25) is 0 Å². The van der Waals surface area contributed by atoms with Gasteiger partial charge in [-0.2, -0.15) is 0 Å². The van der Waals surface area contributed by atoms with Crippen molar-refractivity contribution in [2.45, 2.75) is 0 Å². The molecule has 3 rings (SSSR count). The van der Waals surface area contributed by atoms with Crippen LogP contribution >= 0.6 is 0 Å². The molecule has 0 saturated carbocycles. The van der Waals surface area contributed by atoms with Crippen molar-refractivity contribution in [3.8, 4) is 0 Å². The maximum absolute atomic E-state index is 3.25. The molecule has 1 aliphatic rings. The van der Waals surface area contributed by atoms with Gasteiger partial charge in [0, 0.05) is 5.69 Å². The molecule has 0 aromatic heterocycles. The quantitative estimate of drug-likeness (QED) is 0.564. The molecule has 2 aromatic carbocycles. The number of anilines is 1. The minimum atomic E-state index is 1.23. The van der Waals surface area contributed by atoms with Gasteiger partial charge in [0.2, 0.25) is 0 Å². The summed E-state index contributed by atoms with van der Waals surface area (Å²) in [6.45, 7) is 0. The Morgan fingerprint density at radius 2 is 1.83 bits per heavy atom. The van der Waals surface area contributed by atoms with E-state index < -0.39 is 0 Å². The maximum atomic E-state index is 3.25. The highest BCUT2D eigenvalue weighted by Gasteiger charge is 2.12. The van der Waals surface area contributed by atoms with E-state index in [9.17, 15) is 0 Å². The number of rotatable bonds is 0. The van der Waals surface area contributed by atoms with Crippen LogP contribution in [0.2, 0.25) is 0 Å². The smallest absolute Gasteiger partial charge is 0.283 e. The Bertz CT molecular complexity index is 412. The first-order valence-electron chi connectivity index (χ1n) is 4.07. The van der Waals surface area contributed by atoms with Gasteiger partial charge in [-0.15, -0.1) is 0 Å². The van der Waals surface area contributed by atoms with E-state index in [2.05, 4.69) is 49.0 Å². The average molecular weight is 152 g/mol. The molecule has 0 amide bonds. The summed E-state index contributed by atoms with van der Waals surface area (Å²) >= 11 is 0. The van der Waals surface area contributed by atoms with Crippen molar-refractivity contribution in [3.63, 3.8) is 0 Å². The topological polar surface area (TPSA) is 12.0 Å². The van der Waals surface area contributed by atoms with Crippen LogP contribution < -0.4 is 10.7 Å². The van der Waals surface area contributed by atoms with Crippen LogP contribution in [-0.2, 0) is 0 Å². The lowest BCUT2D eigenvalue weighted by Crippen LogP contribution is -2.14. The number of hydrogen-bond donors (Lipinski definition) is 1. The third-order valence-corrected chi connectivity index (χ3v) is 2.32. The van der Waals surface area contributed by atoms with Gasteiger partial charge in [0.1, 0.15) is 0 Å². The van der Waals surface area contributed by atoms with Gasteiger partial charge in [-0.1, -0.05) is 35.8 Å². The van der Waals surface area contributed by atoms with E-state index in [1.165, 1.54) is 21.9 Å². The molecule has 0 atom stereocenters. The minimum Gasteiger partial charge on any atom is -0.427 e. The second-order valence-electron chi connectivity index (χ2n) is 3.04. The van der Waals surface area contributed by atoms with Crippen molar-refractivity contribution in [1.29, 1.82) is 0 Å². The molecule has 0 unspecified atom stereocenters. The van der Waals surface area contributed by atoms with Crippen LogP contribution in [0, 0.1) is 0 Å². The Morgan fingerprint density at radius 1 is 1.00 bits per heavy atom. The number of benzene rings is 2. The molecule has 0 aliphatic carbocycles. The van der Waals surface area contributed by atoms with Crippen molar-refractivity contribution in [3.05, 3.63) is 36.4 Å². The number of hydrogen-bond acceptors (Lipinski definition) is 1. The minimum absolute atomic E-state index is 1.23. The van der Waals surface area contributed by atoms with Crippen molar-refractivity contribution < 1.29 is 0 Å². The van der Waals surface area contributed by atoms with Gasteiger partial charge in [0.25, 0.3) is 7.41 Å². The molecule has 0 spiro atoms. The van der Waals surface area contributed by atoms with E-state index in [0.717, 1.165) is 0 Å². The van der Waals surface area contributed by atoms with Gasteiger partial charge < -0.3 is 5.23 Å². The van der Waals surface area contributed by atoms with Gasteiger partial charge in [0.05, 0.1) is 0 Å². The summed E-state index contributed by atoms with van der Waals surface area (Å²) in [4.78, 5) is 0. The second kappa shape index (κ2) is 2.04. The highest BCUT2D eigenvalue weighted by Crippen LogP contribution is 2.24. The third kappa shape index (κ3) is 0.645. The predicted octanol–water partition coefficient (Wildman–Crippen LogP) is 1.51. The van der Waals surface area contributed by atoms with Crippen LogP contribution in [0.1, 0.15) is 0 Å². The van der Waals surface area contributed by atoms with Crippen molar-refractivity contribution in [2.75, 3.05) is 5.23 Å². The fraction of sp³-hybridized carbons (Fsp3) is 0. The summed E-state index contributed by atoms with van der Waals surface area (Å²) in [5.74, 6) is 0. The first kappa shape index (κ1) is 6.12. The van der Waals surface area contributed by atoms with E-state index in [4.69, 9.17) is 0 Å². The van der Waals surface area contributed by atoms with Crippen LogP contribution in [0.15, 0.2) is 36.4 Å². The number of nitrogens with one attached hydrogen (secondary N) is 1. The van der Waals surface area contributed by atoms with Gasteiger partial charge in [0.15, 0.2) is 0 Å². The summed E-state index contributed by atoms with van der Waals surface area (Å²) in [6, 6.07) is 12.7. The Hall–Kier alpha value is -1.44. The summed E-state index contributed by atoms with van der Waals surface area (Å²) in [5.41, 5.74) is 2.52. The third-order valence-electron chi connectivity index (χ3n) is 2.32. The molecule has 55 valence electrons. The Morgan fingerprint density at radius 3 is 2.75 bits per heavy atom. The van der Waals surface area contributed by atoms with Gasteiger partial charge in [-0.25, -0.2) is 0 Å². The van der Waals surface area contributed by atoms with Crippen molar-refractivity contribution in [1.82, 2.24) is 0 Å². The lowest BCUT2D eigenvalue weighted by Gasteiger charge is -1.99. The predicted molar refractivity (Wildman–Crippen MR) is 53.0 cm³/mol. The first-order valence-corrected chi connectivity index (χ1v) is 4.07. The van der Waals surface area contributed by atoms with Crippen LogP contribution in [0.25, 0.3) is 10.8 Å². The van der Waals surface area contributed by atoms with E-state index in [-0.39, 0.29) is 0 Å². The molecule has 12 heavy (non-hydrogen) atoms. The second-order valence-corrected chi connectivity index (χ2v) is 3.04. The highest BCUT2D eigenvalue weighted by molar-refractivity contribution is 6.64. The Labute approximate surface area is 71.7 Å². The lowest BCUT2D eigenvalue weighted by atomic mass is 9.84. The van der Waals surface area contributed by atoms with Crippen molar-refractivity contribution >= 4 is 29.3 Å². The Balaban J connectivity index is 2.58. The molecule has 2 aromatic rings. The molecule has 0 fully saturated rings. The molecular formula is C10H7BN. The van der Waals surface area contributed by atoms with E-state index in [0.29, 0.717) is 0 Å². The maximum Gasteiger partial charge on any atom is 0.283 e. The van der Waals surface area contributed by atoms with Gasteiger partial charge >= 0.3 is 0 Å². The molecular weight excluding hydrogens is 145 g/mol. The highest BCUT2D eigenvalue weighted by atomic mass is 14.8. The average Bonchev–Trinajstić information content (AvgIpc) is 2.52. The summed E-state index contributed by atoms with van der Waals surface area (Å²) < 4.78 is 0. The monoisotopic (exact) mass is 152 g/mol. The zero-order chi connectivity index (χ0) is 7.97. The lowest BCUT2D eigenvalue weighted by molar-refractivity contribution is 1.77. The van der Waals surface area contributed by atoms with Crippen molar-refractivity contribution in [2.24, 2.45) is 0 Å². The van der Waals surface area contributed by atoms with E-state index in [1.807, 2.05) is 0 Å². The fourth-order valence-corrected chi connectivity index (χ4v) is 1.77. The summed E-state index contributed by atoms with van der Waals surface area (Å²) in [6.07, 6.45) is 0. The fourth-order valence-electron chi connectivity index (χ4n) is 1.77. The summed E-state index contributed by atoms with van der Waals surface area (Å²) in [7, 11) is 2.05. The molecule has 1 N–H and O–H groups in total. The molecule has 0 bridgehead atoms. The standard InChI is InChI=1S/C10H7BN/c1-3-7-4-2-6-9-10(7)8(5-1)11-12-9/h1-6,12H. The zero-order valence-corrected chi connectivity index (χ0v) is 6.54. The molecule has 1 heterocycles. The molecule has 2 heteroatoms. The van der Waals surface area contributed by atoms with Crippen LogP contribution in [0.3, 0.4) is 0 Å². The first-order chi connectivity index (χ1) is 5.95. The summed E-state index contributed by atoms with van der Waals surface area (Å²) in [5, 5.41) is 5.91. The normalized spacial score (nSPS) is 12.7. The molecule has 1 nitrogen and oxygen atoms in total. The Kier molecular flexibility index (Phi) is 1.04. The van der Waals surface area contributed by atoms with E-state index in [1.54, 1.807) is 0 Å². The van der Waals surface area contributed by atoms with Crippen LogP contribution in [-0.4, -0.2) is 7.41 Å².